The van der Waals surface area contributed by atoms with E-state index in [4.69, 9.17) is 25.6 Å². The number of amides is 2. The van der Waals surface area contributed by atoms with Crippen molar-refractivity contribution < 1.29 is 51.0 Å². The number of hydroxylamine groups is 2. The van der Waals surface area contributed by atoms with Gasteiger partial charge >= 0.3 is 16.4 Å². The van der Waals surface area contributed by atoms with Gasteiger partial charge in [-0.05, 0) is 45.0 Å². The Kier molecular flexibility index (Phi) is 9.39. The van der Waals surface area contributed by atoms with E-state index in [0.29, 0.717) is 23.9 Å². The fraction of sp³-hybridized carbons (Fsp3) is 0.417. The monoisotopic (exact) mass is 655 g/mol. The largest absolute Gasteiger partial charge is 0.489 e. The number of aliphatic carboxylic acids is 1. The van der Waals surface area contributed by atoms with Gasteiger partial charge in [0.15, 0.2) is 17.9 Å². The highest BCUT2D eigenvalue weighted by molar-refractivity contribution is 7.80. The summed E-state index contributed by atoms with van der Waals surface area (Å²) in [5.74, 6) is -3.09. The average molecular weight is 656 g/mol. The highest BCUT2D eigenvalue weighted by Crippen LogP contribution is 2.33. The lowest BCUT2D eigenvalue weighted by atomic mass is 9.84. The minimum Gasteiger partial charge on any atom is -0.489 e. The number of benzene rings is 1. The second-order valence-electron chi connectivity index (χ2n) is 10.1. The first-order valence-electron chi connectivity index (χ1n) is 12.9. The van der Waals surface area contributed by atoms with E-state index in [0.717, 1.165) is 28.7 Å². The molecule has 0 saturated carbocycles. The third-order valence-corrected chi connectivity index (χ3v) is 7.62. The molecule has 1 fully saturated rings. The van der Waals surface area contributed by atoms with E-state index in [-0.39, 0.29) is 10.8 Å². The zero-order valence-corrected chi connectivity index (χ0v) is 25.4. The Morgan fingerprint density at radius 2 is 2.07 bits per heavy atom. The molecule has 1 aliphatic heterocycles. The molecule has 0 spiro atoms. The molecule has 20 heteroatoms. The number of nitrogens with two attached hydrogens (primary N) is 2. The molecular formula is C24H31N8O10S2+. The zero-order valence-electron chi connectivity index (χ0n) is 23.7. The Hall–Kier alpha value is -4.37. The van der Waals surface area contributed by atoms with E-state index >= 15 is 0 Å². The SMILES string of the molecule is C[n+]1cc2cc(OC[C@H](O/N=C(\C(=O)N[C@@H]3C(=O)N(OS(=O)(=O)O)C3(C)C)c3csc(N)n3)C(=O)O)ccc2n1CCCN. The number of oxime groups is 1. The molecule has 7 N–H and O–H groups in total. The van der Waals surface area contributed by atoms with Gasteiger partial charge in [0.1, 0.15) is 29.6 Å². The fourth-order valence-electron chi connectivity index (χ4n) is 4.38. The van der Waals surface area contributed by atoms with Gasteiger partial charge in [0.05, 0.1) is 17.5 Å². The molecule has 4 rings (SSSR count). The first kappa shape index (κ1) is 32.5. The molecule has 3 aromatic rings. The van der Waals surface area contributed by atoms with Crippen molar-refractivity contribution in [2.45, 2.75) is 44.5 Å². The first-order valence-corrected chi connectivity index (χ1v) is 15.2. The van der Waals surface area contributed by atoms with Crippen molar-refractivity contribution in [3.8, 4) is 5.75 Å². The number of ether oxygens (including phenoxy) is 1. The number of thiazole rings is 1. The number of nitrogens with zero attached hydrogens (tertiary/aromatic N) is 5. The van der Waals surface area contributed by atoms with Crippen LogP contribution in [0.25, 0.3) is 10.9 Å². The lowest BCUT2D eigenvalue weighted by Crippen LogP contribution is -2.76. The van der Waals surface area contributed by atoms with Crippen LogP contribution >= 0.6 is 11.3 Å². The van der Waals surface area contributed by atoms with Crippen molar-refractivity contribution >= 4 is 61.3 Å². The fourth-order valence-corrected chi connectivity index (χ4v) is 5.38. The molecule has 1 aromatic carbocycles. The van der Waals surface area contributed by atoms with Crippen molar-refractivity contribution in [2.75, 3.05) is 18.9 Å². The van der Waals surface area contributed by atoms with Crippen molar-refractivity contribution in [1.29, 1.82) is 0 Å². The van der Waals surface area contributed by atoms with Crippen LogP contribution in [0.4, 0.5) is 5.13 Å². The summed E-state index contributed by atoms with van der Waals surface area (Å²) in [6, 6.07) is 3.92. The van der Waals surface area contributed by atoms with Crippen LogP contribution in [0.1, 0.15) is 26.0 Å². The number of rotatable bonds is 14. The number of carbonyl (C=O) groups is 3. The zero-order chi connectivity index (χ0) is 32.4. The number of hydrogen-bond acceptors (Lipinski definition) is 13. The quantitative estimate of drug-likeness (QED) is 0.0457. The molecule has 44 heavy (non-hydrogen) atoms. The number of aromatic nitrogens is 3. The summed E-state index contributed by atoms with van der Waals surface area (Å²) >= 11 is 0.962. The molecule has 0 bridgehead atoms. The van der Waals surface area contributed by atoms with Gasteiger partial charge in [0.2, 0.25) is 6.20 Å². The molecule has 2 amide bonds. The molecule has 18 nitrogen and oxygen atoms in total. The van der Waals surface area contributed by atoms with Gasteiger partial charge < -0.3 is 31.5 Å². The van der Waals surface area contributed by atoms with Crippen molar-refractivity contribution in [3.05, 3.63) is 35.5 Å². The molecule has 0 aliphatic carbocycles. The Balaban J connectivity index is 1.49. The number of aryl methyl sites for hydroxylation is 2. The summed E-state index contributed by atoms with van der Waals surface area (Å²) < 4.78 is 45.0. The number of β-lactam (4-membered cyclic amide) rings is 1. The van der Waals surface area contributed by atoms with Gasteiger partial charge in [0.25, 0.3) is 17.9 Å². The molecule has 2 atom stereocenters. The maximum Gasteiger partial charge on any atom is 0.418 e. The van der Waals surface area contributed by atoms with Gasteiger partial charge in [-0.3, -0.25) is 14.1 Å². The van der Waals surface area contributed by atoms with Crippen LogP contribution in [-0.2, 0) is 47.5 Å². The number of nitrogen functional groups attached to an aromatic ring is 1. The van der Waals surface area contributed by atoms with E-state index in [2.05, 4.69) is 19.7 Å². The van der Waals surface area contributed by atoms with E-state index in [9.17, 15) is 27.9 Å². The summed E-state index contributed by atoms with van der Waals surface area (Å²) in [4.78, 5) is 46.8. The first-order chi connectivity index (χ1) is 20.6. The van der Waals surface area contributed by atoms with Gasteiger partial charge in [-0.2, -0.15) is 18.2 Å². The number of anilines is 1. The number of fused-ring (bicyclic) bond motifs is 1. The smallest absolute Gasteiger partial charge is 0.418 e. The maximum absolute atomic E-state index is 13.2. The van der Waals surface area contributed by atoms with Crippen molar-refractivity contribution in [3.63, 3.8) is 0 Å². The Labute approximate surface area is 254 Å². The summed E-state index contributed by atoms with van der Waals surface area (Å²) in [6.07, 6.45) is 1.01. The van der Waals surface area contributed by atoms with Crippen LogP contribution < -0.4 is 26.2 Å². The predicted molar refractivity (Wildman–Crippen MR) is 153 cm³/mol. The van der Waals surface area contributed by atoms with Gasteiger partial charge in [0, 0.05) is 5.38 Å². The van der Waals surface area contributed by atoms with Gasteiger partial charge in [-0.1, -0.05) is 5.16 Å². The molecule has 0 unspecified atom stereocenters. The highest BCUT2D eigenvalue weighted by atomic mass is 32.3. The van der Waals surface area contributed by atoms with E-state index in [1.807, 2.05) is 28.7 Å². The van der Waals surface area contributed by atoms with Crippen LogP contribution in [0.5, 0.6) is 5.75 Å². The molecule has 1 aliphatic rings. The third-order valence-electron chi connectivity index (χ3n) is 6.61. The molecule has 1 saturated heterocycles. The lowest BCUT2D eigenvalue weighted by Gasteiger charge is -2.50. The molecular weight excluding hydrogens is 624 g/mol. The Morgan fingerprint density at radius 3 is 2.66 bits per heavy atom. The van der Waals surface area contributed by atoms with Crippen LogP contribution in [0.2, 0.25) is 0 Å². The van der Waals surface area contributed by atoms with Crippen LogP contribution in [-0.4, -0.2) is 87.1 Å². The van der Waals surface area contributed by atoms with E-state index in [1.165, 1.54) is 19.2 Å². The molecule has 3 heterocycles. The van der Waals surface area contributed by atoms with Gasteiger partial charge in [-0.25, -0.2) is 9.78 Å². The molecule has 238 valence electrons. The van der Waals surface area contributed by atoms with Gasteiger partial charge in [-0.15, -0.1) is 20.3 Å². The average Bonchev–Trinajstić information content (AvgIpc) is 3.51. The number of carboxylic acids is 1. The standard InChI is InChI=1S/C24H30N8O10S2/c1-24(2)19(21(34)32(24)42-44(37,38)39)28-20(33)18(15-12-43-23(26)27-15)29-41-17(22(35)36)11-40-14-5-6-16-13(9-14)10-30(3)31(16)8-4-7-25/h5-6,9-10,12,17,19H,4,7-8,11,25H2,1-3H3,(H4-,26,27,28,33,35,36,37,38,39)/p+1/b29-18-/t17-,19+/m0/s1. The topological polar surface area (TPSA) is 255 Å². The minimum atomic E-state index is -5.01. The van der Waals surface area contributed by atoms with Crippen LogP contribution in [0, 0.1) is 0 Å². The van der Waals surface area contributed by atoms with E-state index < -0.39 is 58.2 Å². The van der Waals surface area contributed by atoms with E-state index in [1.54, 1.807) is 12.1 Å². The van der Waals surface area contributed by atoms with Crippen LogP contribution in [0.3, 0.4) is 0 Å². The maximum atomic E-state index is 13.2. The predicted octanol–water partition coefficient (Wildman–Crippen LogP) is -1.05. The summed E-state index contributed by atoms with van der Waals surface area (Å²) in [6.45, 7) is 3.49. The second-order valence-corrected chi connectivity index (χ2v) is 12.0. The lowest BCUT2D eigenvalue weighted by molar-refractivity contribution is -0.751. The molecule has 2 aromatic heterocycles. The normalized spacial score (nSPS) is 17.3. The number of carbonyl (C=O) groups excluding carboxylic acids is 2. The Bertz CT molecular complexity index is 1720. The molecule has 0 radical (unpaired) electrons. The summed E-state index contributed by atoms with van der Waals surface area (Å²) in [5.41, 5.74) is 10.2. The Morgan fingerprint density at radius 1 is 1.34 bits per heavy atom. The summed E-state index contributed by atoms with van der Waals surface area (Å²) in [5, 5.41) is 18.5. The minimum absolute atomic E-state index is 0.0621. The second kappa shape index (κ2) is 12.7. The van der Waals surface area contributed by atoms with Crippen molar-refractivity contribution in [2.24, 2.45) is 17.9 Å². The summed E-state index contributed by atoms with van der Waals surface area (Å²) in [7, 11) is -3.12. The third kappa shape index (κ3) is 7.05. The van der Waals surface area contributed by atoms with Crippen molar-refractivity contribution in [1.82, 2.24) is 20.0 Å². The number of carboxylic acid groups (broad SMARTS) is 1. The number of nitrogens with one attached hydrogen (secondary N) is 1. The number of hydrogen-bond donors (Lipinski definition) is 5. The van der Waals surface area contributed by atoms with Crippen LogP contribution in [0.15, 0.2) is 34.9 Å². The highest BCUT2D eigenvalue weighted by Gasteiger charge is 2.58.